The molecule has 2 aromatic carbocycles. The summed E-state index contributed by atoms with van der Waals surface area (Å²) in [6.45, 7) is 0. The van der Waals surface area contributed by atoms with E-state index in [2.05, 4.69) is 0 Å². The number of nitrogens with zero attached hydrogens (tertiary/aromatic N) is 1. The molecule has 2 heteroatoms. The lowest BCUT2D eigenvalue weighted by Crippen LogP contribution is -2.17. The average molecular weight is 237 g/mol. The SMILES string of the molecule is CN(/C(C=O)=C/c1ccccc1)c1ccccc1. The van der Waals surface area contributed by atoms with E-state index in [1.165, 1.54) is 0 Å². The van der Waals surface area contributed by atoms with E-state index >= 15 is 0 Å². The number of allylic oxidation sites excluding steroid dienone is 1. The molecule has 18 heavy (non-hydrogen) atoms. The third kappa shape index (κ3) is 2.86. The van der Waals surface area contributed by atoms with E-state index in [0.29, 0.717) is 5.70 Å². The lowest BCUT2D eigenvalue weighted by Gasteiger charge is -2.18. The quantitative estimate of drug-likeness (QED) is 0.600. The molecule has 0 aliphatic carbocycles. The van der Waals surface area contributed by atoms with Gasteiger partial charge >= 0.3 is 0 Å². The van der Waals surface area contributed by atoms with Crippen molar-refractivity contribution in [3.8, 4) is 0 Å². The number of hydrogen-bond donors (Lipinski definition) is 0. The molecule has 0 spiro atoms. The van der Waals surface area contributed by atoms with Crippen LogP contribution in [0.2, 0.25) is 0 Å². The topological polar surface area (TPSA) is 20.3 Å². The molecule has 0 unspecified atom stereocenters. The summed E-state index contributed by atoms with van der Waals surface area (Å²) in [5.74, 6) is 0. The molecule has 2 aromatic rings. The zero-order valence-electron chi connectivity index (χ0n) is 10.3. The molecule has 0 amide bonds. The Morgan fingerprint density at radius 3 is 2.06 bits per heavy atom. The monoisotopic (exact) mass is 237 g/mol. The van der Waals surface area contributed by atoms with Crippen molar-refractivity contribution in [2.24, 2.45) is 0 Å². The Hall–Kier alpha value is -2.35. The van der Waals surface area contributed by atoms with Crippen molar-refractivity contribution in [3.63, 3.8) is 0 Å². The number of hydrogen-bond acceptors (Lipinski definition) is 2. The first-order chi connectivity index (χ1) is 8.81. The summed E-state index contributed by atoms with van der Waals surface area (Å²) in [4.78, 5) is 13.1. The number of benzene rings is 2. The third-order valence-corrected chi connectivity index (χ3v) is 2.77. The molecule has 0 N–H and O–H groups in total. The van der Waals surface area contributed by atoms with E-state index < -0.39 is 0 Å². The highest BCUT2D eigenvalue weighted by Gasteiger charge is 2.05. The molecular formula is C16H15NO. The number of carbonyl (C=O) groups is 1. The van der Waals surface area contributed by atoms with E-state index in [1.54, 1.807) is 0 Å². The van der Waals surface area contributed by atoms with Gasteiger partial charge in [0.05, 0.1) is 5.70 Å². The van der Waals surface area contributed by atoms with Crippen molar-refractivity contribution >= 4 is 18.0 Å². The van der Waals surface area contributed by atoms with Crippen molar-refractivity contribution in [1.29, 1.82) is 0 Å². The molecule has 0 aliphatic rings. The van der Waals surface area contributed by atoms with Crippen LogP contribution in [0.15, 0.2) is 66.4 Å². The maximum absolute atomic E-state index is 11.2. The van der Waals surface area contributed by atoms with Gasteiger partial charge in [-0.15, -0.1) is 0 Å². The van der Waals surface area contributed by atoms with Crippen LogP contribution >= 0.6 is 0 Å². The van der Waals surface area contributed by atoms with Gasteiger partial charge in [0.25, 0.3) is 0 Å². The van der Waals surface area contributed by atoms with Crippen molar-refractivity contribution in [2.75, 3.05) is 11.9 Å². The summed E-state index contributed by atoms with van der Waals surface area (Å²) < 4.78 is 0. The molecule has 0 bridgehead atoms. The Morgan fingerprint density at radius 2 is 1.50 bits per heavy atom. The van der Waals surface area contributed by atoms with Gasteiger partial charge in [0.15, 0.2) is 6.29 Å². The predicted molar refractivity (Wildman–Crippen MR) is 75.3 cm³/mol. The number of rotatable bonds is 4. The van der Waals surface area contributed by atoms with Crippen LogP contribution in [0, 0.1) is 0 Å². The van der Waals surface area contributed by atoms with Crippen molar-refractivity contribution in [1.82, 2.24) is 0 Å². The minimum atomic E-state index is 0.632. The van der Waals surface area contributed by atoms with Crippen LogP contribution in [0.25, 0.3) is 6.08 Å². The molecule has 0 fully saturated rings. The Labute approximate surface area is 107 Å². The van der Waals surface area contributed by atoms with Crippen LogP contribution in [0.4, 0.5) is 5.69 Å². The van der Waals surface area contributed by atoms with E-state index in [4.69, 9.17) is 0 Å². The molecule has 0 aromatic heterocycles. The first-order valence-electron chi connectivity index (χ1n) is 5.82. The van der Waals surface area contributed by atoms with Gasteiger partial charge in [-0.25, -0.2) is 0 Å². The minimum absolute atomic E-state index is 0.632. The number of likely N-dealkylation sites (N-methyl/N-ethyl adjacent to an activating group) is 1. The van der Waals surface area contributed by atoms with Crippen LogP contribution in [-0.2, 0) is 4.79 Å². The molecule has 2 nitrogen and oxygen atoms in total. The second-order valence-electron chi connectivity index (χ2n) is 3.99. The largest absolute Gasteiger partial charge is 0.342 e. The Bertz CT molecular complexity index is 532. The maximum Gasteiger partial charge on any atom is 0.166 e. The van der Waals surface area contributed by atoms with Crippen LogP contribution in [0.1, 0.15) is 5.56 Å². The zero-order chi connectivity index (χ0) is 12.8. The average Bonchev–Trinajstić information content (AvgIpc) is 2.46. The van der Waals surface area contributed by atoms with Gasteiger partial charge in [0.1, 0.15) is 0 Å². The summed E-state index contributed by atoms with van der Waals surface area (Å²) >= 11 is 0. The first-order valence-corrected chi connectivity index (χ1v) is 5.82. The summed E-state index contributed by atoms with van der Waals surface area (Å²) in [5, 5.41) is 0. The molecule has 0 radical (unpaired) electrons. The minimum Gasteiger partial charge on any atom is -0.342 e. The van der Waals surface area contributed by atoms with Gasteiger partial charge in [0, 0.05) is 12.7 Å². The molecule has 0 aliphatic heterocycles. The highest BCUT2D eigenvalue weighted by atomic mass is 16.1. The lowest BCUT2D eigenvalue weighted by atomic mass is 10.2. The first kappa shape index (κ1) is 12.1. The van der Waals surface area contributed by atoms with Gasteiger partial charge in [-0.1, -0.05) is 48.5 Å². The molecule has 0 atom stereocenters. The van der Waals surface area contributed by atoms with Crippen molar-refractivity contribution in [2.45, 2.75) is 0 Å². The number of anilines is 1. The number of para-hydroxylation sites is 1. The standard InChI is InChI=1S/C16H15NO/c1-17(15-10-6-3-7-11-15)16(13-18)12-14-8-4-2-5-9-14/h2-13H,1H3/b16-12+. The molecule has 90 valence electrons. The van der Waals surface area contributed by atoms with Crippen LogP contribution in [0.3, 0.4) is 0 Å². The highest BCUT2D eigenvalue weighted by molar-refractivity contribution is 5.87. The lowest BCUT2D eigenvalue weighted by molar-refractivity contribution is -0.104. The van der Waals surface area contributed by atoms with Crippen LogP contribution in [-0.4, -0.2) is 13.3 Å². The van der Waals surface area contributed by atoms with Crippen LogP contribution < -0.4 is 4.90 Å². The summed E-state index contributed by atoms with van der Waals surface area (Å²) in [7, 11) is 1.89. The van der Waals surface area contributed by atoms with Crippen molar-refractivity contribution in [3.05, 3.63) is 71.9 Å². The molecule has 0 saturated carbocycles. The predicted octanol–water partition coefficient (Wildman–Crippen LogP) is 3.36. The highest BCUT2D eigenvalue weighted by Crippen LogP contribution is 2.17. The summed E-state index contributed by atoms with van der Waals surface area (Å²) in [6, 6.07) is 19.6. The fourth-order valence-corrected chi connectivity index (χ4v) is 1.73. The van der Waals surface area contributed by atoms with Gasteiger partial charge in [0.2, 0.25) is 0 Å². The fraction of sp³-hybridized carbons (Fsp3) is 0.0625. The second kappa shape index (κ2) is 5.82. The molecular weight excluding hydrogens is 222 g/mol. The molecule has 2 rings (SSSR count). The molecule has 0 saturated heterocycles. The Balaban J connectivity index is 2.29. The number of aldehydes is 1. The third-order valence-electron chi connectivity index (χ3n) is 2.77. The normalized spacial score (nSPS) is 11.1. The van der Waals surface area contributed by atoms with Gasteiger partial charge in [-0.3, -0.25) is 4.79 Å². The van der Waals surface area contributed by atoms with Gasteiger partial charge in [-0.2, -0.15) is 0 Å². The fourth-order valence-electron chi connectivity index (χ4n) is 1.73. The van der Waals surface area contributed by atoms with E-state index in [0.717, 1.165) is 17.5 Å². The van der Waals surface area contributed by atoms with Gasteiger partial charge < -0.3 is 4.90 Å². The zero-order valence-corrected chi connectivity index (χ0v) is 10.3. The van der Waals surface area contributed by atoms with E-state index in [1.807, 2.05) is 78.7 Å². The summed E-state index contributed by atoms with van der Waals surface area (Å²) in [6.07, 6.45) is 2.75. The second-order valence-corrected chi connectivity index (χ2v) is 3.99. The summed E-state index contributed by atoms with van der Waals surface area (Å²) in [5.41, 5.74) is 2.64. The van der Waals surface area contributed by atoms with Crippen LogP contribution in [0.5, 0.6) is 0 Å². The number of carbonyl (C=O) groups excluding carboxylic acids is 1. The van der Waals surface area contributed by atoms with E-state index in [-0.39, 0.29) is 0 Å². The van der Waals surface area contributed by atoms with Crippen molar-refractivity contribution < 1.29 is 4.79 Å². The maximum atomic E-state index is 11.2. The Morgan fingerprint density at radius 1 is 0.944 bits per heavy atom. The van der Waals surface area contributed by atoms with Gasteiger partial charge in [-0.05, 0) is 23.8 Å². The molecule has 0 heterocycles. The smallest absolute Gasteiger partial charge is 0.166 e. The van der Waals surface area contributed by atoms with E-state index in [9.17, 15) is 4.79 Å². The Kier molecular flexibility index (Phi) is 3.92.